The molecule has 0 aliphatic heterocycles. The van der Waals surface area contributed by atoms with Crippen LogP contribution in [0.1, 0.15) is 5.56 Å². The molecule has 2 aromatic carbocycles. The van der Waals surface area contributed by atoms with Gasteiger partial charge in [0.1, 0.15) is 36.4 Å². The molecule has 5 nitrogen and oxygen atoms in total. The van der Waals surface area contributed by atoms with Gasteiger partial charge in [0.15, 0.2) is 0 Å². The third kappa shape index (κ3) is 3.97. The molecule has 0 spiro atoms. The van der Waals surface area contributed by atoms with Crippen molar-refractivity contribution in [3.63, 3.8) is 0 Å². The highest BCUT2D eigenvalue weighted by atomic mass is 19.1. The third-order valence-electron chi connectivity index (χ3n) is 3.53. The standard InChI is InChI=1S/C18H18FN3O2/c1-12-3-2-4-15(7-12)24-10-14(23)9-20-18-16-8-13(19)5-6-17(16)21-11-22-18/h2-8,11,14,23H,9-10H2,1H3,(H,20,21,22). The van der Waals surface area contributed by atoms with Gasteiger partial charge in [0.05, 0.1) is 5.52 Å². The Morgan fingerprint density at radius 2 is 2.08 bits per heavy atom. The monoisotopic (exact) mass is 327 g/mol. The highest BCUT2D eigenvalue weighted by Gasteiger charge is 2.09. The number of rotatable bonds is 6. The molecule has 0 bridgehead atoms. The van der Waals surface area contributed by atoms with Gasteiger partial charge in [-0.2, -0.15) is 0 Å². The van der Waals surface area contributed by atoms with Crippen LogP contribution in [0.2, 0.25) is 0 Å². The number of ether oxygens (including phenoxy) is 1. The van der Waals surface area contributed by atoms with Crippen molar-refractivity contribution in [3.8, 4) is 5.75 Å². The average Bonchev–Trinajstić information content (AvgIpc) is 2.58. The molecular formula is C18H18FN3O2. The number of aryl methyl sites for hydroxylation is 1. The van der Waals surface area contributed by atoms with E-state index >= 15 is 0 Å². The fraction of sp³-hybridized carbons (Fsp3) is 0.222. The average molecular weight is 327 g/mol. The molecule has 0 radical (unpaired) electrons. The lowest BCUT2D eigenvalue weighted by Crippen LogP contribution is -2.26. The lowest BCUT2D eigenvalue weighted by Gasteiger charge is -2.14. The maximum absolute atomic E-state index is 13.4. The third-order valence-corrected chi connectivity index (χ3v) is 3.53. The molecule has 3 aromatic rings. The Hall–Kier alpha value is -2.73. The van der Waals surface area contributed by atoms with Crippen molar-refractivity contribution in [1.29, 1.82) is 0 Å². The maximum atomic E-state index is 13.4. The largest absolute Gasteiger partial charge is 0.491 e. The van der Waals surface area contributed by atoms with E-state index in [4.69, 9.17) is 4.74 Å². The number of fused-ring (bicyclic) bond motifs is 1. The van der Waals surface area contributed by atoms with Crippen LogP contribution in [-0.2, 0) is 0 Å². The fourth-order valence-electron chi connectivity index (χ4n) is 2.34. The number of hydrogen-bond donors (Lipinski definition) is 2. The Bertz CT molecular complexity index is 841. The summed E-state index contributed by atoms with van der Waals surface area (Å²) in [6.07, 6.45) is 0.669. The van der Waals surface area contributed by atoms with Crippen LogP contribution in [0.4, 0.5) is 10.2 Å². The first-order valence-corrected chi connectivity index (χ1v) is 7.63. The first kappa shape index (κ1) is 16.1. The first-order chi connectivity index (χ1) is 11.6. The summed E-state index contributed by atoms with van der Waals surface area (Å²) in [6.45, 7) is 2.35. The van der Waals surface area contributed by atoms with Crippen LogP contribution >= 0.6 is 0 Å². The van der Waals surface area contributed by atoms with Gasteiger partial charge >= 0.3 is 0 Å². The van der Waals surface area contributed by atoms with Crippen molar-refractivity contribution < 1.29 is 14.2 Å². The van der Waals surface area contributed by atoms with Gasteiger partial charge in [-0.05, 0) is 42.8 Å². The number of aromatic nitrogens is 2. The first-order valence-electron chi connectivity index (χ1n) is 7.63. The molecule has 1 atom stereocenters. The Kier molecular flexibility index (Phi) is 4.86. The summed E-state index contributed by atoms with van der Waals surface area (Å²) in [4.78, 5) is 8.20. The minimum Gasteiger partial charge on any atom is -0.491 e. The lowest BCUT2D eigenvalue weighted by atomic mass is 10.2. The summed E-state index contributed by atoms with van der Waals surface area (Å²) < 4.78 is 19.0. The Morgan fingerprint density at radius 3 is 2.92 bits per heavy atom. The van der Waals surface area contributed by atoms with Crippen molar-refractivity contribution in [3.05, 3.63) is 60.2 Å². The predicted molar refractivity (Wildman–Crippen MR) is 90.7 cm³/mol. The topological polar surface area (TPSA) is 67.3 Å². The lowest BCUT2D eigenvalue weighted by molar-refractivity contribution is 0.117. The fourth-order valence-corrected chi connectivity index (χ4v) is 2.34. The molecule has 3 rings (SSSR count). The number of aliphatic hydroxyl groups excluding tert-OH is 1. The van der Waals surface area contributed by atoms with Crippen LogP contribution in [0.25, 0.3) is 10.9 Å². The summed E-state index contributed by atoms with van der Waals surface area (Å²) >= 11 is 0. The number of anilines is 1. The molecular weight excluding hydrogens is 309 g/mol. The van der Waals surface area contributed by atoms with E-state index in [1.165, 1.54) is 18.5 Å². The van der Waals surface area contributed by atoms with E-state index in [9.17, 15) is 9.50 Å². The second-order valence-corrected chi connectivity index (χ2v) is 5.55. The summed E-state index contributed by atoms with van der Waals surface area (Å²) in [5.74, 6) is 0.835. The minimum atomic E-state index is -0.732. The van der Waals surface area contributed by atoms with Gasteiger partial charge in [-0.1, -0.05) is 12.1 Å². The molecule has 0 saturated heterocycles. The van der Waals surface area contributed by atoms with Gasteiger partial charge in [0.2, 0.25) is 0 Å². The van der Waals surface area contributed by atoms with Crippen LogP contribution in [0, 0.1) is 12.7 Å². The quantitative estimate of drug-likeness (QED) is 0.729. The van der Waals surface area contributed by atoms with Crippen molar-refractivity contribution in [1.82, 2.24) is 9.97 Å². The molecule has 0 amide bonds. The van der Waals surface area contributed by atoms with E-state index in [0.29, 0.717) is 22.5 Å². The highest BCUT2D eigenvalue weighted by Crippen LogP contribution is 2.20. The van der Waals surface area contributed by atoms with E-state index in [-0.39, 0.29) is 19.0 Å². The van der Waals surface area contributed by atoms with Crippen LogP contribution in [0.3, 0.4) is 0 Å². The van der Waals surface area contributed by atoms with E-state index in [1.54, 1.807) is 6.07 Å². The number of aliphatic hydroxyl groups is 1. The van der Waals surface area contributed by atoms with E-state index in [2.05, 4.69) is 15.3 Å². The van der Waals surface area contributed by atoms with E-state index in [0.717, 1.165) is 5.56 Å². The molecule has 0 aliphatic carbocycles. The molecule has 0 saturated carbocycles. The van der Waals surface area contributed by atoms with Gasteiger partial charge in [-0.3, -0.25) is 0 Å². The van der Waals surface area contributed by atoms with Crippen LogP contribution < -0.4 is 10.1 Å². The number of nitrogens with zero attached hydrogens (tertiary/aromatic N) is 2. The molecule has 1 aromatic heterocycles. The zero-order valence-electron chi connectivity index (χ0n) is 13.2. The van der Waals surface area contributed by atoms with Gasteiger partial charge in [-0.25, -0.2) is 14.4 Å². The van der Waals surface area contributed by atoms with E-state index < -0.39 is 6.10 Å². The van der Waals surface area contributed by atoms with Crippen molar-refractivity contribution in [2.75, 3.05) is 18.5 Å². The normalized spacial score (nSPS) is 12.1. The van der Waals surface area contributed by atoms with Crippen molar-refractivity contribution in [2.24, 2.45) is 0 Å². The Balaban J connectivity index is 1.60. The molecule has 6 heteroatoms. The van der Waals surface area contributed by atoms with Gasteiger partial charge in [0.25, 0.3) is 0 Å². The zero-order valence-corrected chi connectivity index (χ0v) is 13.2. The van der Waals surface area contributed by atoms with Gasteiger partial charge in [-0.15, -0.1) is 0 Å². The van der Waals surface area contributed by atoms with Gasteiger partial charge in [0, 0.05) is 11.9 Å². The van der Waals surface area contributed by atoms with Crippen molar-refractivity contribution in [2.45, 2.75) is 13.0 Å². The second-order valence-electron chi connectivity index (χ2n) is 5.55. The van der Waals surface area contributed by atoms with Gasteiger partial charge < -0.3 is 15.2 Å². The number of hydrogen-bond acceptors (Lipinski definition) is 5. The summed E-state index contributed by atoms with van der Waals surface area (Å²) in [5.41, 5.74) is 1.73. The second kappa shape index (κ2) is 7.23. The molecule has 0 aliphatic rings. The van der Waals surface area contributed by atoms with E-state index in [1.807, 2.05) is 31.2 Å². The van der Waals surface area contributed by atoms with Crippen LogP contribution in [0.15, 0.2) is 48.8 Å². The summed E-state index contributed by atoms with van der Waals surface area (Å²) in [5, 5.41) is 13.7. The molecule has 24 heavy (non-hydrogen) atoms. The van der Waals surface area contributed by atoms with Crippen LogP contribution in [0.5, 0.6) is 5.75 Å². The molecule has 1 heterocycles. The van der Waals surface area contributed by atoms with Crippen LogP contribution in [-0.4, -0.2) is 34.3 Å². The molecule has 1 unspecified atom stereocenters. The SMILES string of the molecule is Cc1cccc(OCC(O)CNc2ncnc3ccc(F)cc23)c1. The summed E-state index contributed by atoms with van der Waals surface area (Å²) in [7, 11) is 0. The molecule has 0 fully saturated rings. The maximum Gasteiger partial charge on any atom is 0.137 e. The summed E-state index contributed by atoms with van der Waals surface area (Å²) in [6, 6.07) is 11.9. The molecule has 124 valence electrons. The zero-order chi connectivity index (χ0) is 16.9. The molecule has 2 N–H and O–H groups in total. The highest BCUT2D eigenvalue weighted by molar-refractivity contribution is 5.88. The number of halogens is 1. The predicted octanol–water partition coefficient (Wildman–Crippen LogP) is 2.93. The number of benzene rings is 2. The Labute approximate surface area is 139 Å². The Morgan fingerprint density at radius 1 is 1.21 bits per heavy atom. The smallest absolute Gasteiger partial charge is 0.137 e. The van der Waals surface area contributed by atoms with Crippen molar-refractivity contribution >= 4 is 16.7 Å². The minimum absolute atomic E-state index is 0.147. The number of nitrogens with one attached hydrogen (secondary N) is 1.